The summed E-state index contributed by atoms with van der Waals surface area (Å²) in [6.45, 7) is 0.0160. The van der Waals surface area contributed by atoms with Crippen LogP contribution >= 0.6 is 15.9 Å². The van der Waals surface area contributed by atoms with Gasteiger partial charge in [-0.25, -0.2) is 18.9 Å². The fourth-order valence-electron chi connectivity index (χ4n) is 1.37. The fourth-order valence-corrected chi connectivity index (χ4v) is 1.73. The van der Waals surface area contributed by atoms with Crippen LogP contribution in [-0.2, 0) is 11.3 Å². The topological polar surface area (TPSA) is 150 Å². The summed E-state index contributed by atoms with van der Waals surface area (Å²) in [5.41, 5.74) is 5.84. The lowest BCUT2D eigenvalue weighted by molar-refractivity contribution is -0.192. The molecule has 14 heteroatoms. The molecule has 0 amide bonds. The Balaban J connectivity index is 0.000000412. The van der Waals surface area contributed by atoms with Gasteiger partial charge in [-0.3, -0.25) is 10.6 Å². The number of benzene rings is 1. The number of hydrogen-bond acceptors (Lipinski definition) is 7. The van der Waals surface area contributed by atoms with Crippen molar-refractivity contribution >= 4 is 33.4 Å². The third-order valence-electron chi connectivity index (χ3n) is 2.58. The summed E-state index contributed by atoms with van der Waals surface area (Å²) in [5.74, 6) is -3.61. The second kappa shape index (κ2) is 8.68. The number of nitrogens with one attached hydrogen (secondary N) is 1. The maximum atomic E-state index is 13.1. The minimum atomic E-state index is -5.08. The van der Waals surface area contributed by atoms with Crippen molar-refractivity contribution in [1.29, 1.82) is 5.41 Å². The van der Waals surface area contributed by atoms with Gasteiger partial charge in [0, 0.05) is 6.54 Å². The molecule has 0 saturated heterocycles. The molecule has 0 atom stereocenters. The third kappa shape index (κ3) is 5.47. The SMILES string of the molecule is N=C(c1nonc1CN)N(O)c1ccc(F)c(Br)c1.O=C(O)C(F)(F)F. The van der Waals surface area contributed by atoms with E-state index >= 15 is 0 Å². The Bertz CT molecular complexity index is 798. The van der Waals surface area contributed by atoms with Crippen molar-refractivity contribution in [3.63, 3.8) is 0 Å². The quantitative estimate of drug-likeness (QED) is 0.244. The molecule has 0 radical (unpaired) electrons. The smallest absolute Gasteiger partial charge is 0.475 e. The van der Waals surface area contributed by atoms with Gasteiger partial charge in [0.05, 0.1) is 10.2 Å². The number of alkyl halides is 3. The van der Waals surface area contributed by atoms with E-state index in [0.29, 0.717) is 5.06 Å². The Morgan fingerprint density at radius 3 is 2.42 bits per heavy atom. The van der Waals surface area contributed by atoms with Gasteiger partial charge in [0.1, 0.15) is 11.5 Å². The van der Waals surface area contributed by atoms with E-state index in [2.05, 4.69) is 30.9 Å². The van der Waals surface area contributed by atoms with Crippen molar-refractivity contribution in [3.8, 4) is 0 Å². The molecular weight excluding hydrogens is 434 g/mol. The van der Waals surface area contributed by atoms with E-state index in [1.54, 1.807) is 0 Å². The molecule has 2 rings (SSSR count). The highest BCUT2D eigenvalue weighted by molar-refractivity contribution is 9.10. The number of carboxylic acids is 1. The predicted molar refractivity (Wildman–Crippen MR) is 81.1 cm³/mol. The number of halogens is 5. The number of nitrogens with zero attached hydrogens (tertiary/aromatic N) is 3. The van der Waals surface area contributed by atoms with Crippen LogP contribution in [0.5, 0.6) is 0 Å². The van der Waals surface area contributed by atoms with E-state index in [9.17, 15) is 22.8 Å². The van der Waals surface area contributed by atoms with Gasteiger partial charge >= 0.3 is 12.1 Å². The Kier molecular flexibility index (Phi) is 7.17. The molecule has 1 aromatic carbocycles. The predicted octanol–water partition coefficient (Wildman–Crippen LogP) is 2.28. The zero-order valence-electron chi connectivity index (χ0n) is 12.5. The number of hydroxylamine groups is 1. The summed E-state index contributed by atoms with van der Waals surface area (Å²) < 4.78 is 49.5. The largest absolute Gasteiger partial charge is 0.490 e. The van der Waals surface area contributed by atoms with Gasteiger partial charge in [0.25, 0.3) is 0 Å². The molecular formula is C12H10BrF4N5O4. The zero-order valence-corrected chi connectivity index (χ0v) is 14.0. The standard InChI is InChI=1S/C10H9BrFN5O2.C2HF3O2/c11-6-3-5(1-2-7(6)12)17(18)10(14)9-8(4-13)15-19-16-9;3-2(4,5)1(6)7/h1-3,14,18H,4,13H2;(H,6,7). The van der Waals surface area contributed by atoms with Crippen LogP contribution in [-0.4, -0.2) is 38.6 Å². The molecule has 9 nitrogen and oxygen atoms in total. The first-order valence-electron chi connectivity index (χ1n) is 6.33. The molecule has 5 N–H and O–H groups in total. The van der Waals surface area contributed by atoms with E-state index in [0.717, 1.165) is 6.07 Å². The molecule has 0 saturated carbocycles. The summed E-state index contributed by atoms with van der Waals surface area (Å²) in [6, 6.07) is 3.78. The van der Waals surface area contributed by atoms with Crippen molar-refractivity contribution in [1.82, 2.24) is 10.3 Å². The third-order valence-corrected chi connectivity index (χ3v) is 3.18. The number of carboxylic acid groups (broad SMARTS) is 1. The van der Waals surface area contributed by atoms with Crippen molar-refractivity contribution in [2.45, 2.75) is 12.7 Å². The van der Waals surface area contributed by atoms with Crippen LogP contribution in [0.4, 0.5) is 23.2 Å². The first-order chi connectivity index (χ1) is 12.0. The number of hydrogen-bond donors (Lipinski definition) is 4. The van der Waals surface area contributed by atoms with E-state index in [4.69, 9.17) is 21.0 Å². The monoisotopic (exact) mass is 443 g/mol. The Labute approximate surface area is 150 Å². The van der Waals surface area contributed by atoms with Gasteiger partial charge in [-0.15, -0.1) is 0 Å². The van der Waals surface area contributed by atoms with Crippen molar-refractivity contribution in [2.75, 3.05) is 5.06 Å². The van der Waals surface area contributed by atoms with Gasteiger partial charge in [0.2, 0.25) is 0 Å². The molecule has 0 bridgehead atoms. The van der Waals surface area contributed by atoms with Crippen LogP contribution in [0.1, 0.15) is 11.4 Å². The molecule has 26 heavy (non-hydrogen) atoms. The van der Waals surface area contributed by atoms with Gasteiger partial charge in [-0.1, -0.05) is 5.16 Å². The minimum absolute atomic E-state index is 0.0160. The maximum absolute atomic E-state index is 13.1. The molecule has 1 aromatic heterocycles. The second-order valence-electron chi connectivity index (χ2n) is 4.33. The molecule has 0 aliphatic rings. The van der Waals surface area contributed by atoms with Gasteiger partial charge in [-0.2, -0.15) is 13.2 Å². The summed E-state index contributed by atoms with van der Waals surface area (Å²) in [5, 5.41) is 32.4. The molecule has 2 aromatic rings. The van der Waals surface area contributed by atoms with Crippen molar-refractivity contribution in [3.05, 3.63) is 39.9 Å². The molecule has 0 unspecified atom stereocenters. The second-order valence-corrected chi connectivity index (χ2v) is 5.18. The highest BCUT2D eigenvalue weighted by Gasteiger charge is 2.38. The number of amidine groups is 1. The lowest BCUT2D eigenvalue weighted by Gasteiger charge is -2.16. The van der Waals surface area contributed by atoms with E-state index in [1.165, 1.54) is 12.1 Å². The van der Waals surface area contributed by atoms with Gasteiger partial charge < -0.3 is 10.8 Å². The van der Waals surface area contributed by atoms with E-state index in [1.807, 2.05) is 0 Å². The van der Waals surface area contributed by atoms with Gasteiger partial charge in [0.15, 0.2) is 11.5 Å². The normalized spacial score (nSPS) is 10.7. The lowest BCUT2D eigenvalue weighted by atomic mass is 10.2. The first-order valence-corrected chi connectivity index (χ1v) is 7.13. The van der Waals surface area contributed by atoms with Crippen LogP contribution in [0.2, 0.25) is 0 Å². The minimum Gasteiger partial charge on any atom is -0.475 e. The number of nitrogens with two attached hydrogens (primary N) is 1. The number of aliphatic carboxylic acids is 1. The zero-order chi connectivity index (χ0) is 20.1. The van der Waals surface area contributed by atoms with Crippen LogP contribution in [0.25, 0.3) is 0 Å². The van der Waals surface area contributed by atoms with Crippen molar-refractivity contribution < 1.29 is 37.3 Å². The molecule has 142 valence electrons. The maximum Gasteiger partial charge on any atom is 0.490 e. The average molecular weight is 444 g/mol. The van der Waals surface area contributed by atoms with Crippen molar-refractivity contribution in [2.24, 2.45) is 5.73 Å². The Hall–Kier alpha value is -2.58. The van der Waals surface area contributed by atoms with Crippen LogP contribution in [0.15, 0.2) is 27.3 Å². The van der Waals surface area contributed by atoms with Gasteiger partial charge in [-0.05, 0) is 39.3 Å². The fraction of sp³-hybridized carbons (Fsp3) is 0.167. The number of carbonyl (C=O) groups is 1. The van der Waals surface area contributed by atoms with Crippen LogP contribution in [0, 0.1) is 11.2 Å². The van der Waals surface area contributed by atoms with Crippen LogP contribution < -0.4 is 10.8 Å². The molecule has 0 fully saturated rings. The summed E-state index contributed by atoms with van der Waals surface area (Å²) >= 11 is 2.99. The summed E-state index contributed by atoms with van der Waals surface area (Å²) in [6.07, 6.45) is -5.08. The number of anilines is 1. The molecule has 1 heterocycles. The van der Waals surface area contributed by atoms with Crippen LogP contribution in [0.3, 0.4) is 0 Å². The molecule has 0 aliphatic heterocycles. The average Bonchev–Trinajstić information content (AvgIpc) is 3.04. The Morgan fingerprint density at radius 1 is 1.38 bits per heavy atom. The highest BCUT2D eigenvalue weighted by Crippen LogP contribution is 2.23. The lowest BCUT2D eigenvalue weighted by Crippen LogP contribution is -2.28. The number of rotatable bonds is 3. The summed E-state index contributed by atoms with van der Waals surface area (Å²) in [7, 11) is 0. The highest BCUT2D eigenvalue weighted by atomic mass is 79.9. The first kappa shape index (κ1) is 21.5. The Morgan fingerprint density at radius 2 is 1.96 bits per heavy atom. The van der Waals surface area contributed by atoms with E-state index < -0.39 is 18.0 Å². The number of aromatic nitrogens is 2. The molecule has 0 aliphatic carbocycles. The summed E-state index contributed by atoms with van der Waals surface area (Å²) in [4.78, 5) is 8.90. The molecule has 0 spiro atoms. The van der Waals surface area contributed by atoms with E-state index in [-0.39, 0.29) is 33.9 Å².